The molecule has 0 bridgehead atoms. The second-order valence-corrected chi connectivity index (χ2v) is 4.31. The Hall–Kier alpha value is -2.04. The number of ether oxygens (including phenoxy) is 1. The maximum absolute atomic E-state index is 12.1. The van der Waals surface area contributed by atoms with Crippen LogP contribution < -0.4 is 5.32 Å². The van der Waals surface area contributed by atoms with E-state index in [1.165, 1.54) is 7.11 Å². The lowest BCUT2D eigenvalue weighted by molar-refractivity contribution is -0.148. The summed E-state index contributed by atoms with van der Waals surface area (Å²) >= 11 is 0. The Bertz CT molecular complexity index is 497. The van der Waals surface area contributed by atoms with Crippen LogP contribution in [0.3, 0.4) is 0 Å². The van der Waals surface area contributed by atoms with E-state index in [-0.39, 0.29) is 12.5 Å². The van der Waals surface area contributed by atoms with Crippen LogP contribution in [0.1, 0.15) is 18.1 Å². The molecule has 1 rings (SSSR count). The summed E-state index contributed by atoms with van der Waals surface area (Å²) in [5.74, 6) is -0.372. The van der Waals surface area contributed by atoms with E-state index in [2.05, 4.69) is 15.3 Å². The van der Waals surface area contributed by atoms with Gasteiger partial charge in [0, 0.05) is 18.0 Å². The quantitative estimate of drug-likeness (QED) is 0.280. The fraction of sp³-hybridized carbons (Fsp3) is 0.462. The molecule has 0 aromatic heterocycles. The van der Waals surface area contributed by atoms with Crippen molar-refractivity contribution >= 4 is 5.97 Å². The van der Waals surface area contributed by atoms with Crippen LogP contribution in [0.15, 0.2) is 29.4 Å². The molecule has 0 spiro atoms. The SMILES string of the molecule is COC(=O)C(C)(NCCN=[N+]=[N-])c1ccccc1C. The predicted octanol–water partition coefficient (Wildman–Crippen LogP) is 2.28. The van der Waals surface area contributed by atoms with E-state index in [9.17, 15) is 4.79 Å². The number of azide groups is 1. The molecule has 0 heterocycles. The molecule has 1 aromatic rings. The number of esters is 1. The first-order chi connectivity index (χ1) is 9.06. The zero-order valence-electron chi connectivity index (χ0n) is 11.4. The molecule has 0 radical (unpaired) electrons. The van der Waals surface area contributed by atoms with Gasteiger partial charge in [0.25, 0.3) is 0 Å². The highest BCUT2D eigenvalue weighted by atomic mass is 16.5. The summed E-state index contributed by atoms with van der Waals surface area (Å²) in [6.07, 6.45) is 0. The molecular weight excluding hydrogens is 244 g/mol. The minimum Gasteiger partial charge on any atom is -0.467 e. The highest BCUT2D eigenvalue weighted by Crippen LogP contribution is 2.25. The summed E-state index contributed by atoms with van der Waals surface area (Å²) in [5, 5.41) is 6.54. The molecule has 0 amide bonds. The number of methoxy groups -OCH3 is 1. The summed E-state index contributed by atoms with van der Waals surface area (Å²) in [5.41, 5.74) is 9.14. The summed E-state index contributed by atoms with van der Waals surface area (Å²) in [7, 11) is 1.36. The van der Waals surface area contributed by atoms with Gasteiger partial charge in [-0.05, 0) is 30.5 Å². The number of rotatable bonds is 6. The Kier molecular flexibility index (Phi) is 5.36. The van der Waals surface area contributed by atoms with Gasteiger partial charge in [0.2, 0.25) is 0 Å². The van der Waals surface area contributed by atoms with Gasteiger partial charge in [0.05, 0.1) is 7.11 Å². The second-order valence-electron chi connectivity index (χ2n) is 4.31. The number of carbonyl (C=O) groups excluding carboxylic acids is 1. The molecule has 0 aliphatic carbocycles. The fourth-order valence-electron chi connectivity index (χ4n) is 2.02. The van der Waals surface area contributed by atoms with Crippen molar-refractivity contribution in [2.75, 3.05) is 20.2 Å². The third-order valence-corrected chi connectivity index (χ3v) is 3.03. The van der Waals surface area contributed by atoms with Gasteiger partial charge in [-0.25, -0.2) is 4.79 Å². The molecule has 6 nitrogen and oxygen atoms in total. The third-order valence-electron chi connectivity index (χ3n) is 3.03. The predicted molar refractivity (Wildman–Crippen MR) is 72.6 cm³/mol. The largest absolute Gasteiger partial charge is 0.467 e. The van der Waals surface area contributed by atoms with E-state index in [0.29, 0.717) is 6.54 Å². The van der Waals surface area contributed by atoms with Gasteiger partial charge in [-0.15, -0.1) is 0 Å². The molecule has 1 aromatic carbocycles. The van der Waals surface area contributed by atoms with Crippen LogP contribution in [0, 0.1) is 6.92 Å². The van der Waals surface area contributed by atoms with Gasteiger partial charge in [-0.3, -0.25) is 5.32 Å². The van der Waals surface area contributed by atoms with Gasteiger partial charge in [-0.2, -0.15) is 0 Å². The lowest BCUT2D eigenvalue weighted by atomic mass is 9.88. The number of hydrogen-bond donors (Lipinski definition) is 1. The second kappa shape index (κ2) is 6.78. The Morgan fingerprint density at radius 1 is 1.53 bits per heavy atom. The molecule has 0 saturated heterocycles. The normalized spacial score (nSPS) is 13.2. The first-order valence-corrected chi connectivity index (χ1v) is 5.96. The molecule has 1 atom stereocenters. The van der Waals surface area contributed by atoms with Gasteiger partial charge < -0.3 is 4.74 Å². The highest BCUT2D eigenvalue weighted by molar-refractivity contribution is 5.82. The van der Waals surface area contributed by atoms with Crippen molar-refractivity contribution in [2.24, 2.45) is 5.11 Å². The molecule has 6 heteroatoms. The highest BCUT2D eigenvalue weighted by Gasteiger charge is 2.36. The molecule has 0 saturated carbocycles. The first-order valence-electron chi connectivity index (χ1n) is 5.96. The number of benzene rings is 1. The van der Waals surface area contributed by atoms with Crippen LogP contribution in [0.5, 0.6) is 0 Å². The topological polar surface area (TPSA) is 87.1 Å². The number of nitrogens with zero attached hydrogens (tertiary/aromatic N) is 3. The minimum absolute atomic E-state index is 0.273. The molecule has 1 unspecified atom stereocenters. The lowest BCUT2D eigenvalue weighted by Crippen LogP contribution is -2.48. The summed E-state index contributed by atoms with van der Waals surface area (Å²) < 4.78 is 4.88. The van der Waals surface area contributed by atoms with Crippen molar-refractivity contribution in [2.45, 2.75) is 19.4 Å². The zero-order chi connectivity index (χ0) is 14.3. The standard InChI is InChI=1S/C13H18N4O2/c1-10-6-4-5-7-11(10)13(2,12(18)19-3)15-8-9-16-17-14/h4-7,15H,8-9H2,1-3H3. The van der Waals surface area contributed by atoms with Gasteiger partial charge >= 0.3 is 5.97 Å². The first kappa shape index (κ1) is 15.0. The number of nitrogens with one attached hydrogen (secondary N) is 1. The molecular formula is C13H18N4O2. The maximum Gasteiger partial charge on any atom is 0.330 e. The van der Waals surface area contributed by atoms with Crippen molar-refractivity contribution in [1.29, 1.82) is 0 Å². The fourth-order valence-corrected chi connectivity index (χ4v) is 2.02. The summed E-state index contributed by atoms with van der Waals surface area (Å²) in [6, 6.07) is 7.60. The zero-order valence-corrected chi connectivity index (χ0v) is 11.4. The third kappa shape index (κ3) is 3.47. The summed E-state index contributed by atoms with van der Waals surface area (Å²) in [4.78, 5) is 14.7. The van der Waals surface area contributed by atoms with Gasteiger partial charge in [-0.1, -0.05) is 29.4 Å². The van der Waals surface area contributed by atoms with Crippen molar-refractivity contribution in [1.82, 2.24) is 5.32 Å². The summed E-state index contributed by atoms with van der Waals surface area (Å²) in [6.45, 7) is 4.36. The Morgan fingerprint density at radius 3 is 2.79 bits per heavy atom. The van der Waals surface area contributed by atoms with E-state index in [4.69, 9.17) is 10.3 Å². The number of aryl methyl sites for hydroxylation is 1. The molecule has 1 N–H and O–H groups in total. The van der Waals surface area contributed by atoms with E-state index < -0.39 is 5.54 Å². The Balaban J connectivity index is 3.03. The van der Waals surface area contributed by atoms with E-state index in [0.717, 1.165) is 11.1 Å². The van der Waals surface area contributed by atoms with E-state index in [1.54, 1.807) is 6.92 Å². The van der Waals surface area contributed by atoms with Gasteiger partial charge in [0.15, 0.2) is 0 Å². The van der Waals surface area contributed by atoms with Crippen LogP contribution >= 0.6 is 0 Å². The minimum atomic E-state index is -0.953. The molecule has 102 valence electrons. The average molecular weight is 262 g/mol. The van der Waals surface area contributed by atoms with Crippen LogP contribution in [-0.4, -0.2) is 26.2 Å². The van der Waals surface area contributed by atoms with Crippen LogP contribution in [0.2, 0.25) is 0 Å². The van der Waals surface area contributed by atoms with Crippen LogP contribution in [0.25, 0.3) is 10.4 Å². The number of hydrogen-bond acceptors (Lipinski definition) is 4. The number of carbonyl (C=O) groups is 1. The van der Waals surface area contributed by atoms with Crippen molar-refractivity contribution in [3.8, 4) is 0 Å². The van der Waals surface area contributed by atoms with Crippen molar-refractivity contribution < 1.29 is 9.53 Å². The monoisotopic (exact) mass is 262 g/mol. The van der Waals surface area contributed by atoms with E-state index in [1.807, 2.05) is 31.2 Å². The lowest BCUT2D eigenvalue weighted by Gasteiger charge is -2.29. The molecule has 0 aliphatic heterocycles. The average Bonchev–Trinajstić information content (AvgIpc) is 2.43. The molecule has 0 aliphatic rings. The smallest absolute Gasteiger partial charge is 0.330 e. The Labute approximate surface area is 112 Å². The van der Waals surface area contributed by atoms with Crippen LogP contribution in [-0.2, 0) is 15.1 Å². The van der Waals surface area contributed by atoms with Crippen LogP contribution in [0.4, 0.5) is 0 Å². The van der Waals surface area contributed by atoms with Crippen molar-refractivity contribution in [3.05, 3.63) is 45.8 Å². The molecule has 0 fully saturated rings. The van der Waals surface area contributed by atoms with E-state index >= 15 is 0 Å². The Morgan fingerprint density at radius 2 is 2.21 bits per heavy atom. The maximum atomic E-state index is 12.1. The molecule has 19 heavy (non-hydrogen) atoms. The van der Waals surface area contributed by atoms with Crippen molar-refractivity contribution in [3.63, 3.8) is 0 Å². The van der Waals surface area contributed by atoms with Gasteiger partial charge in [0.1, 0.15) is 5.54 Å².